The molecule has 4 heteroatoms. The van der Waals surface area contributed by atoms with Crippen LogP contribution in [0.1, 0.15) is 66.7 Å². The van der Waals surface area contributed by atoms with Gasteiger partial charge in [0.15, 0.2) is 0 Å². The summed E-state index contributed by atoms with van der Waals surface area (Å²) in [5.74, 6) is 0.860. The molecule has 2 rings (SSSR count). The van der Waals surface area contributed by atoms with Gasteiger partial charge in [-0.3, -0.25) is 0 Å². The molecule has 0 aromatic rings. The smallest absolute Gasteiger partial charge is 0.410 e. The van der Waals surface area contributed by atoms with Gasteiger partial charge in [0.05, 0.1) is 0 Å². The number of nitrogens with zero attached hydrogens (tertiary/aromatic N) is 1. The van der Waals surface area contributed by atoms with Crippen LogP contribution in [0.25, 0.3) is 0 Å². The van der Waals surface area contributed by atoms with Gasteiger partial charge in [0.2, 0.25) is 0 Å². The fraction of sp³-hybridized carbons (Fsp3) is 0.941. The Morgan fingerprint density at radius 1 is 1.33 bits per heavy atom. The van der Waals surface area contributed by atoms with Crippen LogP contribution >= 0.6 is 0 Å². The van der Waals surface area contributed by atoms with E-state index in [1.807, 2.05) is 25.7 Å². The Morgan fingerprint density at radius 2 is 2.00 bits per heavy atom. The molecule has 0 aromatic heterocycles. The molecule has 3 unspecified atom stereocenters. The lowest BCUT2D eigenvalue weighted by molar-refractivity contribution is 0.00609. The van der Waals surface area contributed by atoms with Gasteiger partial charge in [0, 0.05) is 24.7 Å². The molecule has 1 aliphatic carbocycles. The van der Waals surface area contributed by atoms with Crippen molar-refractivity contribution in [1.82, 2.24) is 10.2 Å². The second-order valence-corrected chi connectivity index (χ2v) is 7.68. The molecule has 0 spiro atoms. The van der Waals surface area contributed by atoms with Crippen LogP contribution in [-0.4, -0.2) is 41.3 Å². The third-order valence-corrected chi connectivity index (χ3v) is 4.68. The Morgan fingerprint density at radius 3 is 2.52 bits per heavy atom. The SMILES string of the molecule is CCC(NC1CCCN(C(=O)OC(C)(C)C)C1C)C1CC1. The van der Waals surface area contributed by atoms with Crippen molar-refractivity contribution in [2.24, 2.45) is 5.92 Å². The fourth-order valence-electron chi connectivity index (χ4n) is 3.31. The average Bonchev–Trinajstić information content (AvgIpc) is 3.19. The molecular formula is C17H32N2O2. The van der Waals surface area contributed by atoms with Gasteiger partial charge in [-0.1, -0.05) is 6.92 Å². The molecule has 1 saturated heterocycles. The lowest BCUT2D eigenvalue weighted by atomic mass is 9.95. The highest BCUT2D eigenvalue weighted by Crippen LogP contribution is 2.35. The van der Waals surface area contributed by atoms with Gasteiger partial charge in [-0.25, -0.2) is 4.79 Å². The van der Waals surface area contributed by atoms with Gasteiger partial charge in [-0.2, -0.15) is 0 Å². The number of carbonyl (C=O) groups excluding carboxylic acids is 1. The van der Waals surface area contributed by atoms with Crippen molar-refractivity contribution in [3.05, 3.63) is 0 Å². The lowest BCUT2D eigenvalue weighted by Crippen LogP contribution is -2.57. The van der Waals surface area contributed by atoms with Crippen LogP contribution < -0.4 is 5.32 Å². The summed E-state index contributed by atoms with van der Waals surface area (Å²) in [6.45, 7) is 11.0. The zero-order valence-corrected chi connectivity index (χ0v) is 14.3. The molecule has 0 bridgehead atoms. The number of hydrogen-bond acceptors (Lipinski definition) is 3. The zero-order chi connectivity index (χ0) is 15.6. The van der Waals surface area contributed by atoms with E-state index in [4.69, 9.17) is 4.74 Å². The normalized spacial score (nSPS) is 28.3. The van der Waals surface area contributed by atoms with E-state index in [2.05, 4.69) is 19.2 Å². The first-order valence-corrected chi connectivity index (χ1v) is 8.57. The molecule has 21 heavy (non-hydrogen) atoms. The van der Waals surface area contributed by atoms with Crippen molar-refractivity contribution in [2.75, 3.05) is 6.54 Å². The van der Waals surface area contributed by atoms with Crippen LogP contribution in [0.2, 0.25) is 0 Å². The van der Waals surface area contributed by atoms with E-state index < -0.39 is 5.60 Å². The molecule has 4 nitrogen and oxygen atoms in total. The van der Waals surface area contributed by atoms with Crippen molar-refractivity contribution < 1.29 is 9.53 Å². The summed E-state index contributed by atoms with van der Waals surface area (Å²) in [6.07, 6.45) is 5.96. The van der Waals surface area contributed by atoms with E-state index in [-0.39, 0.29) is 12.1 Å². The van der Waals surface area contributed by atoms with Crippen LogP contribution in [0.5, 0.6) is 0 Å². The quantitative estimate of drug-likeness (QED) is 0.862. The maximum absolute atomic E-state index is 12.3. The second-order valence-electron chi connectivity index (χ2n) is 7.68. The van der Waals surface area contributed by atoms with Crippen LogP contribution in [-0.2, 0) is 4.74 Å². The minimum Gasteiger partial charge on any atom is -0.444 e. The van der Waals surface area contributed by atoms with Crippen molar-refractivity contribution in [2.45, 2.75) is 90.4 Å². The summed E-state index contributed by atoms with van der Waals surface area (Å²) < 4.78 is 5.55. The molecule has 1 amide bonds. The number of hydrogen-bond donors (Lipinski definition) is 1. The van der Waals surface area contributed by atoms with Crippen LogP contribution in [0, 0.1) is 5.92 Å². The number of rotatable bonds is 4. The molecule has 2 fully saturated rings. The van der Waals surface area contributed by atoms with Crippen molar-refractivity contribution in [1.29, 1.82) is 0 Å². The summed E-state index contributed by atoms with van der Waals surface area (Å²) in [5, 5.41) is 3.82. The molecule has 2 aliphatic rings. The standard InChI is InChI=1S/C17H32N2O2/c1-6-14(13-9-10-13)18-15-8-7-11-19(12(15)2)16(20)21-17(3,4)5/h12-15,18H,6-11H2,1-5H3. The highest BCUT2D eigenvalue weighted by atomic mass is 16.6. The summed E-state index contributed by atoms with van der Waals surface area (Å²) in [4.78, 5) is 14.3. The maximum atomic E-state index is 12.3. The minimum atomic E-state index is -0.420. The maximum Gasteiger partial charge on any atom is 0.410 e. The van der Waals surface area contributed by atoms with E-state index in [1.54, 1.807) is 0 Å². The number of nitrogens with one attached hydrogen (secondary N) is 1. The van der Waals surface area contributed by atoms with E-state index in [0.717, 1.165) is 25.3 Å². The van der Waals surface area contributed by atoms with Gasteiger partial charge in [0.1, 0.15) is 5.60 Å². The molecule has 1 aliphatic heterocycles. The van der Waals surface area contributed by atoms with Crippen molar-refractivity contribution >= 4 is 6.09 Å². The lowest BCUT2D eigenvalue weighted by Gasteiger charge is -2.41. The molecule has 0 aromatic carbocycles. The number of carbonyl (C=O) groups is 1. The molecule has 1 N–H and O–H groups in total. The Kier molecular flexibility index (Phi) is 5.18. The topological polar surface area (TPSA) is 41.6 Å². The fourth-order valence-corrected chi connectivity index (χ4v) is 3.31. The Labute approximate surface area is 129 Å². The third-order valence-electron chi connectivity index (χ3n) is 4.68. The molecule has 0 radical (unpaired) electrons. The second kappa shape index (κ2) is 6.55. The summed E-state index contributed by atoms with van der Waals surface area (Å²) >= 11 is 0. The monoisotopic (exact) mass is 296 g/mol. The van der Waals surface area contributed by atoms with E-state index in [0.29, 0.717) is 12.1 Å². The van der Waals surface area contributed by atoms with Crippen LogP contribution in [0.4, 0.5) is 4.79 Å². The van der Waals surface area contributed by atoms with Gasteiger partial charge >= 0.3 is 6.09 Å². The molecular weight excluding hydrogens is 264 g/mol. The number of piperidine rings is 1. The van der Waals surface area contributed by atoms with Crippen molar-refractivity contribution in [3.63, 3.8) is 0 Å². The highest BCUT2D eigenvalue weighted by molar-refractivity contribution is 5.68. The first-order valence-electron chi connectivity index (χ1n) is 8.57. The summed E-state index contributed by atoms with van der Waals surface area (Å²) in [7, 11) is 0. The van der Waals surface area contributed by atoms with Crippen LogP contribution in [0.15, 0.2) is 0 Å². The molecule has 3 atom stereocenters. The average molecular weight is 296 g/mol. The van der Waals surface area contributed by atoms with E-state index >= 15 is 0 Å². The minimum absolute atomic E-state index is 0.166. The van der Waals surface area contributed by atoms with Crippen molar-refractivity contribution in [3.8, 4) is 0 Å². The van der Waals surface area contributed by atoms with E-state index in [1.165, 1.54) is 19.3 Å². The predicted octanol–water partition coefficient (Wildman–Crippen LogP) is 3.55. The Balaban J connectivity index is 1.93. The first-order chi connectivity index (χ1) is 9.81. The first kappa shape index (κ1) is 16.6. The largest absolute Gasteiger partial charge is 0.444 e. The molecule has 122 valence electrons. The Bertz CT molecular complexity index is 360. The zero-order valence-electron chi connectivity index (χ0n) is 14.3. The number of likely N-dealkylation sites (tertiary alicyclic amines) is 1. The molecule has 1 saturated carbocycles. The van der Waals surface area contributed by atoms with Gasteiger partial charge in [-0.15, -0.1) is 0 Å². The predicted molar refractivity (Wildman–Crippen MR) is 85.4 cm³/mol. The molecule has 1 heterocycles. The van der Waals surface area contributed by atoms with Crippen LogP contribution in [0.3, 0.4) is 0 Å². The summed E-state index contributed by atoms with van der Waals surface area (Å²) in [6, 6.07) is 1.23. The Hall–Kier alpha value is -0.770. The van der Waals surface area contributed by atoms with E-state index in [9.17, 15) is 4.79 Å². The third kappa shape index (κ3) is 4.60. The van der Waals surface area contributed by atoms with Gasteiger partial charge in [-0.05, 0) is 65.7 Å². The number of amides is 1. The van der Waals surface area contributed by atoms with Gasteiger partial charge < -0.3 is 15.0 Å². The highest BCUT2D eigenvalue weighted by Gasteiger charge is 2.37. The number of ether oxygens (including phenoxy) is 1. The summed E-state index contributed by atoms with van der Waals surface area (Å²) in [5.41, 5.74) is -0.420. The van der Waals surface area contributed by atoms with Gasteiger partial charge in [0.25, 0.3) is 0 Å².